The van der Waals surface area contributed by atoms with E-state index >= 15 is 0 Å². The Bertz CT molecular complexity index is 1470. The lowest BCUT2D eigenvalue weighted by Crippen LogP contribution is -2.57. The number of halogens is 1. The first-order valence-electron chi connectivity index (χ1n) is 15.7. The first-order valence-corrected chi connectivity index (χ1v) is 15.7. The minimum absolute atomic E-state index is 0.0296. The number of nitrogens with zero attached hydrogens (tertiary/aromatic N) is 3. The van der Waals surface area contributed by atoms with Gasteiger partial charge >= 0.3 is 6.09 Å². The molecule has 12 nitrogen and oxygen atoms in total. The van der Waals surface area contributed by atoms with Crippen LogP contribution in [0.5, 0.6) is 0 Å². The second-order valence-electron chi connectivity index (χ2n) is 12.7. The monoisotopic (exact) mass is 620 g/mol. The number of nitriles is 1. The number of fused-ring (bicyclic) bond motifs is 3. The highest BCUT2D eigenvalue weighted by molar-refractivity contribution is 5.99. The number of nitrogens with one attached hydrogen (secondary N) is 3. The van der Waals surface area contributed by atoms with Gasteiger partial charge in [-0.15, -0.1) is 0 Å². The number of benzene rings is 1. The van der Waals surface area contributed by atoms with Crippen LogP contribution in [0.25, 0.3) is 0 Å². The summed E-state index contributed by atoms with van der Waals surface area (Å²) < 4.78 is 20.1. The normalized spacial score (nSPS) is 30.3. The molecule has 1 unspecified atom stereocenters. The van der Waals surface area contributed by atoms with Crippen molar-refractivity contribution in [3.63, 3.8) is 0 Å². The first kappa shape index (κ1) is 30.6. The van der Waals surface area contributed by atoms with Gasteiger partial charge in [-0.25, -0.2) is 9.18 Å². The molecule has 5 amide bonds. The van der Waals surface area contributed by atoms with E-state index in [9.17, 15) is 28.4 Å². The Balaban J connectivity index is 1.23. The van der Waals surface area contributed by atoms with Gasteiger partial charge in [-0.3, -0.25) is 29.4 Å². The Morgan fingerprint density at radius 3 is 2.69 bits per heavy atom. The molecule has 6 rings (SSSR count). The van der Waals surface area contributed by atoms with Crippen molar-refractivity contribution in [2.24, 2.45) is 11.8 Å². The second-order valence-corrected chi connectivity index (χ2v) is 12.7. The van der Waals surface area contributed by atoms with Gasteiger partial charge in [0.15, 0.2) is 6.19 Å². The fraction of sp³-hybridized carbons (Fsp3) is 0.562. The number of ether oxygens (including phenoxy) is 1. The molecule has 5 aliphatic rings. The third-order valence-corrected chi connectivity index (χ3v) is 9.53. The fourth-order valence-electron chi connectivity index (χ4n) is 6.69. The Hall–Kier alpha value is -4.47. The van der Waals surface area contributed by atoms with E-state index in [-0.39, 0.29) is 43.8 Å². The molecule has 1 aromatic carbocycles. The van der Waals surface area contributed by atoms with E-state index in [2.05, 4.69) is 16.0 Å². The van der Waals surface area contributed by atoms with Crippen LogP contribution < -0.4 is 16.0 Å². The largest absolute Gasteiger partial charge is 0.444 e. The maximum absolute atomic E-state index is 14.3. The summed E-state index contributed by atoms with van der Waals surface area (Å²) in [6, 6.07) is 2.71. The van der Waals surface area contributed by atoms with Crippen LogP contribution in [0.2, 0.25) is 0 Å². The van der Waals surface area contributed by atoms with Crippen molar-refractivity contribution in [3.05, 3.63) is 47.3 Å². The summed E-state index contributed by atoms with van der Waals surface area (Å²) in [6.07, 6.45) is 9.24. The standard InChI is InChI=1S/C32H37FN6O6/c33-24-9-6-7-20-15-38(17-23(20)24)31(44)45-22-13-26-28(41)37-32(30(43)35-18-34)14-21(32)8-4-2-1-3-5-10-25(29(42)39(26)16-22)36-27(40)19-11-12-19/h4,6-9,19,21-22,25-26H,1-3,5,10-17H2,(H,35,43)(H,36,40)(H,37,41)/b8-4-/t21-,22+,25-,26?,32+/m0/s1. The van der Waals surface area contributed by atoms with Gasteiger partial charge < -0.3 is 20.3 Å². The smallest absolute Gasteiger partial charge is 0.410 e. The second kappa shape index (κ2) is 12.5. The zero-order valence-corrected chi connectivity index (χ0v) is 24.9. The minimum Gasteiger partial charge on any atom is -0.444 e. The van der Waals surface area contributed by atoms with Gasteiger partial charge in [-0.05, 0) is 50.2 Å². The third-order valence-electron chi connectivity index (χ3n) is 9.53. The molecule has 3 fully saturated rings. The molecule has 0 spiro atoms. The number of rotatable bonds is 4. The van der Waals surface area contributed by atoms with Crippen LogP contribution in [0, 0.1) is 29.1 Å². The molecule has 1 aromatic rings. The van der Waals surface area contributed by atoms with Crippen molar-refractivity contribution < 1.29 is 33.1 Å². The van der Waals surface area contributed by atoms with Crippen molar-refractivity contribution >= 4 is 29.7 Å². The van der Waals surface area contributed by atoms with Crippen LogP contribution >= 0.6 is 0 Å². The predicted octanol–water partition coefficient (Wildman–Crippen LogP) is 2.13. The number of hydrogen-bond donors (Lipinski definition) is 3. The van der Waals surface area contributed by atoms with Crippen LogP contribution in [0.4, 0.5) is 9.18 Å². The molecule has 0 radical (unpaired) electrons. The lowest BCUT2D eigenvalue weighted by molar-refractivity contribution is -0.142. The quantitative estimate of drug-likeness (QED) is 0.264. The molecule has 2 aliphatic carbocycles. The Labute approximate surface area is 260 Å². The van der Waals surface area contributed by atoms with Crippen molar-refractivity contribution in [2.45, 2.75) is 94.6 Å². The fourth-order valence-corrected chi connectivity index (χ4v) is 6.69. The molecule has 13 heteroatoms. The van der Waals surface area contributed by atoms with Gasteiger partial charge in [0.05, 0.1) is 13.1 Å². The van der Waals surface area contributed by atoms with Crippen molar-refractivity contribution in [1.29, 1.82) is 5.26 Å². The molecule has 238 valence electrons. The predicted molar refractivity (Wildman–Crippen MR) is 156 cm³/mol. The van der Waals surface area contributed by atoms with E-state index in [1.165, 1.54) is 15.9 Å². The molecule has 3 heterocycles. The van der Waals surface area contributed by atoms with Crippen molar-refractivity contribution in [2.75, 3.05) is 6.54 Å². The van der Waals surface area contributed by atoms with Crippen LogP contribution in [0.1, 0.15) is 68.9 Å². The molecular formula is C32H37FN6O6. The van der Waals surface area contributed by atoms with Gasteiger partial charge in [-0.1, -0.05) is 37.1 Å². The number of hydrogen-bond acceptors (Lipinski definition) is 7. The van der Waals surface area contributed by atoms with Crippen LogP contribution in [-0.4, -0.2) is 69.8 Å². The molecular weight excluding hydrogens is 583 g/mol. The molecule has 0 bridgehead atoms. The van der Waals surface area contributed by atoms with Crippen LogP contribution in [-0.2, 0) is 37.0 Å². The van der Waals surface area contributed by atoms with E-state index in [1.54, 1.807) is 18.3 Å². The Morgan fingerprint density at radius 1 is 1.11 bits per heavy atom. The number of amides is 5. The number of carbonyl (C=O) groups excluding carboxylic acids is 5. The average molecular weight is 621 g/mol. The van der Waals surface area contributed by atoms with Gasteiger partial charge in [0.2, 0.25) is 17.7 Å². The zero-order valence-electron chi connectivity index (χ0n) is 24.9. The van der Waals surface area contributed by atoms with Gasteiger partial charge in [0.25, 0.3) is 5.91 Å². The summed E-state index contributed by atoms with van der Waals surface area (Å²) in [5, 5.41) is 17.0. The first-order chi connectivity index (χ1) is 21.7. The molecule has 45 heavy (non-hydrogen) atoms. The molecule has 3 aliphatic heterocycles. The summed E-state index contributed by atoms with van der Waals surface area (Å²) in [4.78, 5) is 69.6. The minimum atomic E-state index is -1.34. The SMILES string of the molecule is N#CNC(=O)[C@@]12C[C@@H]1/C=C\CCCCC[C@H](NC(=O)C1CC1)C(=O)N1C[C@H](OC(=O)N3Cc4cccc(F)c4C3)CC1C(=O)N2. The van der Waals surface area contributed by atoms with E-state index in [4.69, 9.17) is 10.00 Å². The van der Waals surface area contributed by atoms with Crippen LogP contribution in [0.15, 0.2) is 30.4 Å². The van der Waals surface area contributed by atoms with Gasteiger partial charge in [0, 0.05) is 30.4 Å². The topological polar surface area (TPSA) is 161 Å². The van der Waals surface area contributed by atoms with Crippen molar-refractivity contribution in [3.8, 4) is 6.19 Å². The molecule has 0 aromatic heterocycles. The maximum Gasteiger partial charge on any atom is 0.410 e. The third kappa shape index (κ3) is 6.36. The molecule has 3 N–H and O–H groups in total. The summed E-state index contributed by atoms with van der Waals surface area (Å²) >= 11 is 0. The van der Waals surface area contributed by atoms with E-state index in [0.717, 1.165) is 32.1 Å². The molecule has 5 atom stereocenters. The van der Waals surface area contributed by atoms with E-state index in [0.29, 0.717) is 30.4 Å². The molecule has 1 saturated heterocycles. The lowest BCUT2D eigenvalue weighted by atomic mass is 10.0. The highest BCUT2D eigenvalue weighted by Crippen LogP contribution is 2.45. The summed E-state index contributed by atoms with van der Waals surface area (Å²) in [5.41, 5.74) is -0.229. The summed E-state index contributed by atoms with van der Waals surface area (Å²) in [5.74, 6) is -2.72. The lowest BCUT2D eigenvalue weighted by Gasteiger charge is -2.29. The Morgan fingerprint density at radius 2 is 1.93 bits per heavy atom. The summed E-state index contributed by atoms with van der Waals surface area (Å²) in [6.45, 7) is 0.126. The maximum atomic E-state index is 14.3. The average Bonchev–Trinajstić information content (AvgIpc) is 3.89. The highest BCUT2D eigenvalue weighted by Gasteiger charge is 2.61. The van der Waals surface area contributed by atoms with Gasteiger partial charge in [-0.2, -0.15) is 5.26 Å². The number of allylic oxidation sites excluding steroid dienone is 1. The van der Waals surface area contributed by atoms with Gasteiger partial charge in [0.1, 0.15) is 29.5 Å². The van der Waals surface area contributed by atoms with Crippen molar-refractivity contribution in [1.82, 2.24) is 25.8 Å². The molecule has 2 saturated carbocycles. The highest BCUT2D eigenvalue weighted by atomic mass is 19.1. The van der Waals surface area contributed by atoms with E-state index in [1.807, 2.05) is 12.2 Å². The zero-order chi connectivity index (χ0) is 31.7. The number of carbonyl (C=O) groups is 5. The Kier molecular flexibility index (Phi) is 8.48. The summed E-state index contributed by atoms with van der Waals surface area (Å²) in [7, 11) is 0. The van der Waals surface area contributed by atoms with E-state index < -0.39 is 53.4 Å². The van der Waals surface area contributed by atoms with Crippen LogP contribution in [0.3, 0.4) is 0 Å².